The average molecular weight is 1120 g/mol. The highest BCUT2D eigenvalue weighted by Crippen LogP contribution is 2.56. The van der Waals surface area contributed by atoms with E-state index in [0.29, 0.717) is 68.4 Å². The number of rotatable bonds is 40. The second-order valence-electron chi connectivity index (χ2n) is 18.8. The topological polar surface area (TPSA) is 109 Å². The molecule has 0 fully saturated rings. The van der Waals surface area contributed by atoms with Gasteiger partial charge in [-0.1, -0.05) is 121 Å². The molecule has 0 aromatic heterocycles. The van der Waals surface area contributed by atoms with Crippen LogP contribution in [0.3, 0.4) is 0 Å². The molecule has 75 heavy (non-hydrogen) atoms. The maximum Gasteiger partial charge on any atom is 0.460 e. The summed E-state index contributed by atoms with van der Waals surface area (Å²) >= 11 is 0. The van der Waals surface area contributed by atoms with Crippen molar-refractivity contribution in [1.29, 1.82) is 0 Å². The fraction of sp³-hybridized carbons (Fsp3) is 0.760. The predicted molar refractivity (Wildman–Crippen MR) is 241 cm³/mol. The van der Waals surface area contributed by atoms with Gasteiger partial charge in [-0.3, -0.25) is 0 Å². The van der Waals surface area contributed by atoms with Crippen LogP contribution in [0.2, 0.25) is 0 Å². The molecule has 7 nitrogen and oxygen atoms in total. The SMILES string of the molecule is OCC(O)COc1ccc(-c2ccc(OCC(O)CO)c(OCC(CCCCCCCCCCCC(F)(F)C(F)(F)C(F)(F)C(F)(F)F)CCCCCCCCCCCC(F)(F)C(F)(F)C(F)(F)C(F)(F)F)c2)cc1. The van der Waals surface area contributed by atoms with Gasteiger partial charge in [0.05, 0.1) is 19.8 Å². The first-order chi connectivity index (χ1) is 34.8. The van der Waals surface area contributed by atoms with Crippen molar-refractivity contribution in [3.8, 4) is 28.4 Å². The largest absolute Gasteiger partial charge is 0.491 e. The van der Waals surface area contributed by atoms with Crippen LogP contribution in [0.4, 0.5) is 79.0 Å². The molecule has 25 heteroatoms. The Morgan fingerprint density at radius 3 is 1.07 bits per heavy atom. The van der Waals surface area contributed by atoms with Gasteiger partial charge < -0.3 is 34.6 Å². The van der Waals surface area contributed by atoms with E-state index < -0.39 is 99.0 Å². The number of aliphatic hydroxyl groups is 4. The van der Waals surface area contributed by atoms with E-state index in [4.69, 9.17) is 19.3 Å². The third-order valence-electron chi connectivity index (χ3n) is 12.5. The molecule has 2 aromatic carbocycles. The Morgan fingerprint density at radius 1 is 0.360 bits per heavy atom. The lowest BCUT2D eigenvalue weighted by Gasteiger charge is -2.33. The molecular formula is C50H68F18O7. The van der Waals surface area contributed by atoms with Crippen LogP contribution in [0, 0.1) is 5.92 Å². The Balaban J connectivity index is 1.98. The first-order valence-electron chi connectivity index (χ1n) is 24.9. The summed E-state index contributed by atoms with van der Waals surface area (Å²) in [5.74, 6) is -37.2. The minimum absolute atomic E-state index is 0.0154. The first kappa shape index (κ1) is 67.5. The summed E-state index contributed by atoms with van der Waals surface area (Å²) in [6, 6.07) is 11.9. The molecule has 0 saturated carbocycles. The number of ether oxygens (including phenoxy) is 3. The van der Waals surface area contributed by atoms with Crippen molar-refractivity contribution < 1.29 is 114 Å². The smallest absolute Gasteiger partial charge is 0.460 e. The first-order valence-corrected chi connectivity index (χ1v) is 24.9. The molecule has 0 bridgehead atoms. The molecule has 2 rings (SSSR count). The molecule has 2 atom stereocenters. The van der Waals surface area contributed by atoms with Crippen LogP contribution in [0.5, 0.6) is 17.2 Å². The number of alkyl halides is 18. The van der Waals surface area contributed by atoms with Crippen LogP contribution in [-0.2, 0) is 0 Å². The van der Waals surface area contributed by atoms with Crippen LogP contribution in [0.15, 0.2) is 42.5 Å². The molecule has 0 aliphatic heterocycles. The van der Waals surface area contributed by atoms with Gasteiger partial charge in [0.25, 0.3) is 0 Å². The zero-order chi connectivity index (χ0) is 56.8. The fourth-order valence-corrected chi connectivity index (χ4v) is 7.83. The van der Waals surface area contributed by atoms with E-state index in [1.54, 1.807) is 42.5 Å². The molecule has 0 aliphatic carbocycles. The molecule has 0 heterocycles. The summed E-state index contributed by atoms with van der Waals surface area (Å²) in [6.45, 7) is -1.23. The van der Waals surface area contributed by atoms with Crippen LogP contribution in [0.25, 0.3) is 11.1 Å². The van der Waals surface area contributed by atoms with Crippen molar-refractivity contribution in [1.82, 2.24) is 0 Å². The number of aliphatic hydroxyl groups excluding tert-OH is 4. The third kappa shape index (κ3) is 20.6. The van der Waals surface area contributed by atoms with Crippen molar-refractivity contribution in [2.45, 2.75) is 201 Å². The van der Waals surface area contributed by atoms with Gasteiger partial charge in [-0.25, -0.2) is 0 Å². The molecular weight excluding hydrogens is 1050 g/mol. The fourth-order valence-electron chi connectivity index (χ4n) is 7.83. The number of unbranched alkanes of at least 4 members (excludes halogenated alkanes) is 16. The molecule has 2 aromatic rings. The van der Waals surface area contributed by atoms with E-state index >= 15 is 0 Å². The van der Waals surface area contributed by atoms with Gasteiger partial charge in [0.15, 0.2) is 11.5 Å². The van der Waals surface area contributed by atoms with E-state index in [1.165, 1.54) is 0 Å². The summed E-state index contributed by atoms with van der Waals surface area (Å²) < 4.78 is 254. The van der Waals surface area contributed by atoms with E-state index in [0.717, 1.165) is 44.1 Å². The minimum Gasteiger partial charge on any atom is -0.491 e. The Morgan fingerprint density at radius 2 is 0.693 bits per heavy atom. The molecule has 0 amide bonds. The zero-order valence-electron chi connectivity index (χ0n) is 41.2. The Kier molecular flexibility index (Phi) is 27.5. The van der Waals surface area contributed by atoms with Gasteiger partial charge in [-0.05, 0) is 67.0 Å². The van der Waals surface area contributed by atoms with Gasteiger partial charge >= 0.3 is 47.9 Å². The molecule has 2 unspecified atom stereocenters. The summed E-state index contributed by atoms with van der Waals surface area (Å²) in [6.07, 6.45) is -11.3. The van der Waals surface area contributed by atoms with Gasteiger partial charge in [0, 0.05) is 12.8 Å². The van der Waals surface area contributed by atoms with Crippen LogP contribution in [-0.4, -0.2) is 114 Å². The molecule has 436 valence electrons. The minimum atomic E-state index is -6.91. The lowest BCUT2D eigenvalue weighted by Crippen LogP contribution is -2.60. The molecule has 4 N–H and O–H groups in total. The lowest BCUT2D eigenvalue weighted by molar-refractivity contribution is -0.396. The van der Waals surface area contributed by atoms with E-state index in [-0.39, 0.29) is 57.2 Å². The maximum absolute atomic E-state index is 13.8. The predicted octanol–water partition coefficient (Wildman–Crippen LogP) is 15.3. The van der Waals surface area contributed by atoms with E-state index in [1.807, 2.05) is 0 Å². The third-order valence-corrected chi connectivity index (χ3v) is 12.5. The van der Waals surface area contributed by atoms with Crippen molar-refractivity contribution in [2.24, 2.45) is 5.92 Å². The monoisotopic (exact) mass is 1120 g/mol. The summed E-state index contributed by atoms with van der Waals surface area (Å²) in [5, 5.41) is 38.0. The van der Waals surface area contributed by atoms with E-state index in [9.17, 15) is 94.3 Å². The second kappa shape index (κ2) is 30.5. The summed E-state index contributed by atoms with van der Waals surface area (Å²) in [5.41, 5.74) is 1.44. The Labute approximate surface area is 424 Å². The zero-order valence-corrected chi connectivity index (χ0v) is 41.2. The van der Waals surface area contributed by atoms with Gasteiger partial charge in [-0.2, -0.15) is 79.0 Å². The molecule has 0 radical (unpaired) electrons. The maximum atomic E-state index is 13.8. The number of hydrogen-bond donors (Lipinski definition) is 4. The van der Waals surface area contributed by atoms with Gasteiger partial charge in [-0.15, -0.1) is 0 Å². The van der Waals surface area contributed by atoms with Crippen LogP contribution >= 0.6 is 0 Å². The number of hydrogen-bond acceptors (Lipinski definition) is 7. The number of benzene rings is 2. The summed E-state index contributed by atoms with van der Waals surface area (Å²) in [7, 11) is 0. The van der Waals surface area contributed by atoms with Crippen molar-refractivity contribution >= 4 is 0 Å². The van der Waals surface area contributed by atoms with Gasteiger partial charge in [0.2, 0.25) is 0 Å². The van der Waals surface area contributed by atoms with Gasteiger partial charge in [0.1, 0.15) is 31.2 Å². The summed E-state index contributed by atoms with van der Waals surface area (Å²) in [4.78, 5) is 0. The molecule has 0 saturated heterocycles. The second-order valence-corrected chi connectivity index (χ2v) is 18.8. The highest BCUT2D eigenvalue weighted by molar-refractivity contribution is 5.67. The normalized spacial score (nSPS) is 14.4. The highest BCUT2D eigenvalue weighted by Gasteiger charge is 2.82. The van der Waals surface area contributed by atoms with Crippen molar-refractivity contribution in [3.63, 3.8) is 0 Å². The molecule has 0 spiro atoms. The van der Waals surface area contributed by atoms with Crippen molar-refractivity contribution in [3.05, 3.63) is 42.5 Å². The van der Waals surface area contributed by atoms with E-state index in [2.05, 4.69) is 0 Å². The quantitative estimate of drug-likeness (QED) is 0.0389. The van der Waals surface area contributed by atoms with Crippen LogP contribution in [0.1, 0.15) is 141 Å². The van der Waals surface area contributed by atoms with Crippen LogP contribution < -0.4 is 14.2 Å². The Hall–Kier alpha value is -3.58. The molecule has 0 aliphatic rings. The number of halogens is 18. The van der Waals surface area contributed by atoms with Crippen molar-refractivity contribution in [2.75, 3.05) is 33.0 Å². The standard InChI is InChI=1S/C50H68F18O7/c51-43(52,45(55,56)47(59,60)49(63,64)65)27-17-13-9-5-1-3-7-11-15-19-35(20-16-12-8-4-2-6-10-14-18-28-44(53,54)46(57,58)48(61,62)50(66,67)68)32-74-42-29-37(23-26-41(42)75-34-39(72)31-70)36-21-24-40(25-22-36)73-33-38(71)30-69/h21-26,29,35,38-39,69-72H,1-20,27-28,30-34H2. The lowest BCUT2D eigenvalue weighted by atomic mass is 9.94. The average Bonchev–Trinajstić information content (AvgIpc) is 3.33. The highest BCUT2D eigenvalue weighted by atomic mass is 19.4. The Bertz CT molecular complexity index is 1810.